The van der Waals surface area contributed by atoms with Gasteiger partial charge in [-0.2, -0.15) is 0 Å². The van der Waals surface area contributed by atoms with E-state index in [1.165, 1.54) is 0 Å². The lowest BCUT2D eigenvalue weighted by molar-refractivity contribution is -0.127. The van der Waals surface area contributed by atoms with Crippen LogP contribution in [0.5, 0.6) is 0 Å². The van der Waals surface area contributed by atoms with E-state index in [1.54, 1.807) is 0 Å². The molecule has 0 spiro atoms. The van der Waals surface area contributed by atoms with Gasteiger partial charge in [0.1, 0.15) is 0 Å². The smallest absolute Gasteiger partial charge is 0.221 e. The molecule has 0 bridgehead atoms. The second kappa shape index (κ2) is 5.70. The van der Waals surface area contributed by atoms with Crippen molar-refractivity contribution in [1.29, 1.82) is 0 Å². The van der Waals surface area contributed by atoms with Gasteiger partial charge in [-0.3, -0.25) is 4.79 Å². The van der Waals surface area contributed by atoms with Gasteiger partial charge >= 0.3 is 0 Å². The molecule has 2 N–H and O–H groups in total. The van der Waals surface area contributed by atoms with Crippen LogP contribution in [-0.4, -0.2) is 5.91 Å². The van der Waals surface area contributed by atoms with E-state index in [9.17, 15) is 4.79 Å². The minimum absolute atomic E-state index is 0.00236. The average molecular weight is 227 g/mol. The number of carbonyl (C=O) groups is 1. The number of rotatable bonds is 7. The van der Waals surface area contributed by atoms with Crippen LogP contribution < -0.4 is 5.73 Å². The van der Waals surface area contributed by atoms with Crippen molar-refractivity contribution in [1.82, 2.24) is 0 Å². The first-order valence-electron chi connectivity index (χ1n) is 6.51. The van der Waals surface area contributed by atoms with Gasteiger partial charge in [0, 0.05) is 5.92 Å². The molecule has 0 saturated carbocycles. The molecule has 2 heteroatoms. The van der Waals surface area contributed by atoms with Crippen molar-refractivity contribution in [3.8, 4) is 0 Å². The molecular weight excluding hydrogens is 198 g/mol. The maximum absolute atomic E-state index is 11.7. The molecule has 0 aromatic carbocycles. The number of hydrogen-bond donors (Lipinski definition) is 1. The van der Waals surface area contributed by atoms with E-state index in [-0.39, 0.29) is 22.7 Å². The van der Waals surface area contributed by atoms with Crippen molar-refractivity contribution < 1.29 is 4.79 Å². The Morgan fingerprint density at radius 1 is 1.06 bits per heavy atom. The van der Waals surface area contributed by atoms with E-state index in [0.29, 0.717) is 0 Å². The minimum Gasteiger partial charge on any atom is -0.369 e. The Labute approximate surface area is 101 Å². The summed E-state index contributed by atoms with van der Waals surface area (Å²) < 4.78 is 0. The largest absolute Gasteiger partial charge is 0.369 e. The monoisotopic (exact) mass is 227 g/mol. The molecule has 1 amide bonds. The molecule has 2 nitrogen and oxygen atoms in total. The van der Waals surface area contributed by atoms with Gasteiger partial charge in [-0.1, -0.05) is 48.0 Å². The highest BCUT2D eigenvalue weighted by Gasteiger charge is 2.38. The summed E-state index contributed by atoms with van der Waals surface area (Å²) in [4.78, 5) is 11.7. The fourth-order valence-electron chi connectivity index (χ4n) is 2.13. The van der Waals surface area contributed by atoms with Gasteiger partial charge in [-0.25, -0.2) is 0 Å². The molecule has 0 aliphatic rings. The maximum atomic E-state index is 11.7. The molecule has 1 atom stereocenters. The van der Waals surface area contributed by atoms with Gasteiger partial charge in [-0.15, -0.1) is 0 Å². The highest BCUT2D eigenvalue weighted by atomic mass is 16.1. The number of primary amides is 1. The van der Waals surface area contributed by atoms with Crippen molar-refractivity contribution in [2.45, 2.75) is 67.2 Å². The summed E-state index contributed by atoms with van der Waals surface area (Å²) in [5.41, 5.74) is 5.85. The van der Waals surface area contributed by atoms with Crippen molar-refractivity contribution in [2.75, 3.05) is 0 Å². The van der Waals surface area contributed by atoms with Gasteiger partial charge < -0.3 is 5.73 Å². The van der Waals surface area contributed by atoms with E-state index < -0.39 is 0 Å². The average Bonchev–Trinajstić information content (AvgIpc) is 2.24. The van der Waals surface area contributed by atoms with Crippen molar-refractivity contribution >= 4 is 5.91 Å². The van der Waals surface area contributed by atoms with Crippen LogP contribution in [0.4, 0.5) is 0 Å². The molecule has 0 aromatic rings. The molecule has 96 valence electrons. The van der Waals surface area contributed by atoms with Crippen LogP contribution in [0.2, 0.25) is 0 Å². The lowest BCUT2D eigenvalue weighted by Gasteiger charge is -2.38. The highest BCUT2D eigenvalue weighted by molar-refractivity contribution is 5.77. The van der Waals surface area contributed by atoms with Gasteiger partial charge in [0.15, 0.2) is 0 Å². The first kappa shape index (κ1) is 15.5. The van der Waals surface area contributed by atoms with Gasteiger partial charge in [-0.05, 0) is 30.1 Å². The van der Waals surface area contributed by atoms with Crippen LogP contribution in [0.25, 0.3) is 0 Å². The third kappa shape index (κ3) is 3.80. The van der Waals surface area contributed by atoms with E-state index in [2.05, 4.69) is 41.5 Å². The third-order valence-electron chi connectivity index (χ3n) is 4.51. The second-order valence-corrected chi connectivity index (χ2v) is 6.04. The van der Waals surface area contributed by atoms with Gasteiger partial charge in [0.05, 0.1) is 0 Å². The fraction of sp³-hybridized carbons (Fsp3) is 0.929. The number of amides is 1. The van der Waals surface area contributed by atoms with Crippen molar-refractivity contribution in [3.05, 3.63) is 0 Å². The predicted octanol–water partition coefficient (Wildman–Crippen LogP) is 3.74. The van der Waals surface area contributed by atoms with Crippen LogP contribution in [0.1, 0.15) is 67.2 Å². The number of nitrogens with two attached hydrogens (primary N) is 1. The quantitative estimate of drug-likeness (QED) is 0.707. The van der Waals surface area contributed by atoms with Crippen LogP contribution >= 0.6 is 0 Å². The molecule has 0 radical (unpaired) electrons. The van der Waals surface area contributed by atoms with E-state index >= 15 is 0 Å². The zero-order valence-electron chi connectivity index (χ0n) is 11.9. The number of hydrogen-bond acceptors (Lipinski definition) is 1. The Bertz CT molecular complexity index is 229. The summed E-state index contributed by atoms with van der Waals surface area (Å²) >= 11 is 0. The molecule has 16 heavy (non-hydrogen) atoms. The first-order valence-corrected chi connectivity index (χ1v) is 6.51. The molecule has 0 aromatic heterocycles. The number of carbonyl (C=O) groups excluding carboxylic acids is 1. The molecule has 0 aliphatic heterocycles. The Hall–Kier alpha value is -0.530. The van der Waals surface area contributed by atoms with Crippen molar-refractivity contribution in [2.24, 2.45) is 22.5 Å². The molecular formula is C14H29NO. The summed E-state index contributed by atoms with van der Waals surface area (Å²) in [5.74, 6) is -0.134. The van der Waals surface area contributed by atoms with Crippen LogP contribution in [-0.2, 0) is 4.79 Å². The summed E-state index contributed by atoms with van der Waals surface area (Å²) in [6.07, 6.45) is 4.01. The zero-order valence-corrected chi connectivity index (χ0v) is 11.9. The third-order valence-corrected chi connectivity index (χ3v) is 4.51. The van der Waals surface area contributed by atoms with Crippen molar-refractivity contribution in [3.63, 3.8) is 0 Å². The Balaban J connectivity index is 4.95. The highest BCUT2D eigenvalue weighted by Crippen LogP contribution is 2.42. The van der Waals surface area contributed by atoms with Crippen LogP contribution in [0, 0.1) is 16.7 Å². The topological polar surface area (TPSA) is 43.1 Å². The fourth-order valence-corrected chi connectivity index (χ4v) is 2.13. The molecule has 0 heterocycles. The van der Waals surface area contributed by atoms with E-state index in [1.807, 2.05) is 0 Å². The van der Waals surface area contributed by atoms with Gasteiger partial charge in [0.25, 0.3) is 0 Å². The molecule has 0 saturated heterocycles. The van der Waals surface area contributed by atoms with E-state index in [4.69, 9.17) is 5.73 Å². The normalized spacial score (nSPS) is 14.9. The van der Waals surface area contributed by atoms with Gasteiger partial charge in [0.2, 0.25) is 5.91 Å². The minimum atomic E-state index is -0.132. The van der Waals surface area contributed by atoms with Crippen LogP contribution in [0.15, 0.2) is 0 Å². The standard InChI is InChI=1S/C14H29NO/c1-7-13(4,5)10-11(12(15)16)14(6,8-2)9-3/h11H,7-10H2,1-6H3,(H2,15,16). The summed E-state index contributed by atoms with van der Waals surface area (Å²) in [7, 11) is 0. The molecule has 0 fully saturated rings. The Kier molecular flexibility index (Phi) is 5.51. The summed E-state index contributed by atoms with van der Waals surface area (Å²) in [5, 5.41) is 0. The zero-order chi connectivity index (χ0) is 13.0. The maximum Gasteiger partial charge on any atom is 0.221 e. The van der Waals surface area contributed by atoms with Crippen LogP contribution in [0.3, 0.4) is 0 Å². The lowest BCUT2D eigenvalue weighted by atomic mass is 9.66. The second-order valence-electron chi connectivity index (χ2n) is 6.04. The van der Waals surface area contributed by atoms with E-state index in [0.717, 1.165) is 25.7 Å². The SMILES string of the molecule is CCC(C)(C)CC(C(N)=O)C(C)(CC)CC. The molecule has 1 unspecified atom stereocenters. The lowest BCUT2D eigenvalue weighted by Crippen LogP contribution is -2.39. The summed E-state index contributed by atoms with van der Waals surface area (Å²) in [6.45, 7) is 13.1. The molecule has 0 rings (SSSR count). The predicted molar refractivity (Wildman–Crippen MR) is 70.1 cm³/mol. The Morgan fingerprint density at radius 2 is 1.50 bits per heavy atom. The first-order chi connectivity index (χ1) is 7.22. The summed E-state index contributed by atoms with van der Waals surface area (Å²) in [6, 6.07) is 0. The molecule has 0 aliphatic carbocycles. The Morgan fingerprint density at radius 3 is 1.75 bits per heavy atom.